The van der Waals surface area contributed by atoms with E-state index in [2.05, 4.69) is 15.6 Å². The van der Waals surface area contributed by atoms with Gasteiger partial charge in [-0.1, -0.05) is 25.3 Å². The molecule has 2 aromatic rings. The molecule has 0 radical (unpaired) electrons. The fraction of sp³-hybridized carbons (Fsp3) is 0.391. The van der Waals surface area contributed by atoms with Crippen molar-refractivity contribution in [1.82, 2.24) is 20.1 Å². The van der Waals surface area contributed by atoms with Gasteiger partial charge in [0.1, 0.15) is 22.6 Å². The van der Waals surface area contributed by atoms with E-state index < -0.39 is 17.2 Å². The zero-order chi connectivity index (χ0) is 23.5. The Kier molecular flexibility index (Phi) is 6.64. The number of anilines is 1. The van der Waals surface area contributed by atoms with Gasteiger partial charge in [0.2, 0.25) is 5.43 Å². The quantitative estimate of drug-likeness (QED) is 0.536. The van der Waals surface area contributed by atoms with Crippen LogP contribution in [0.4, 0.5) is 5.69 Å². The average Bonchev–Trinajstić information content (AvgIpc) is 3.40. The molecule has 3 amide bonds. The molecule has 0 spiro atoms. The first kappa shape index (κ1) is 22.8. The van der Waals surface area contributed by atoms with Gasteiger partial charge in [0.25, 0.3) is 17.7 Å². The summed E-state index contributed by atoms with van der Waals surface area (Å²) in [5.41, 5.74) is -0.405. The topological polar surface area (TPSA) is 115 Å². The molecule has 1 aliphatic carbocycles. The highest BCUT2D eigenvalue weighted by Gasteiger charge is 2.43. The van der Waals surface area contributed by atoms with Crippen molar-refractivity contribution in [3.05, 3.63) is 62.0 Å². The van der Waals surface area contributed by atoms with E-state index in [1.54, 1.807) is 25.4 Å². The van der Waals surface area contributed by atoms with Gasteiger partial charge in [0.15, 0.2) is 0 Å². The predicted octanol–water partition coefficient (Wildman–Crippen LogP) is 2.25. The summed E-state index contributed by atoms with van der Waals surface area (Å²) in [5, 5.41) is 7.91. The number of rotatable bonds is 7. The molecular weight excluding hydrogens is 442 g/mol. The summed E-state index contributed by atoms with van der Waals surface area (Å²) >= 11 is 1.54. The molecule has 174 valence electrons. The summed E-state index contributed by atoms with van der Waals surface area (Å²) in [6.45, 7) is 0.380. The monoisotopic (exact) mass is 469 g/mol. The van der Waals surface area contributed by atoms with Crippen LogP contribution >= 0.6 is 11.3 Å². The number of H-pyrrole nitrogens is 1. The van der Waals surface area contributed by atoms with E-state index in [1.165, 1.54) is 22.2 Å². The van der Waals surface area contributed by atoms with Crippen molar-refractivity contribution in [3.63, 3.8) is 0 Å². The lowest BCUT2D eigenvalue weighted by atomic mass is 9.94. The number of carbonyl (C=O) groups excluding carboxylic acids is 3. The Labute approximate surface area is 195 Å². The van der Waals surface area contributed by atoms with Crippen LogP contribution in [0.5, 0.6) is 0 Å². The summed E-state index contributed by atoms with van der Waals surface area (Å²) in [6.07, 6.45) is 7.30. The molecular formula is C23H27N5O4S. The Morgan fingerprint density at radius 2 is 1.85 bits per heavy atom. The maximum atomic E-state index is 13.4. The van der Waals surface area contributed by atoms with Gasteiger partial charge in [-0.25, -0.2) is 0 Å². The molecule has 1 fully saturated rings. The van der Waals surface area contributed by atoms with Crippen LogP contribution in [0.3, 0.4) is 0 Å². The van der Waals surface area contributed by atoms with Crippen molar-refractivity contribution in [2.75, 3.05) is 19.4 Å². The molecule has 0 unspecified atom stereocenters. The highest BCUT2D eigenvalue weighted by atomic mass is 32.1. The van der Waals surface area contributed by atoms with E-state index in [0.717, 1.165) is 37.0 Å². The maximum absolute atomic E-state index is 13.4. The van der Waals surface area contributed by atoms with Gasteiger partial charge in [-0.2, -0.15) is 0 Å². The number of nitrogens with zero attached hydrogens (tertiary/aromatic N) is 2. The van der Waals surface area contributed by atoms with Crippen LogP contribution < -0.4 is 16.1 Å². The third-order valence-corrected chi connectivity index (χ3v) is 6.79. The zero-order valence-corrected chi connectivity index (χ0v) is 19.5. The molecule has 10 heteroatoms. The number of pyridine rings is 1. The minimum Gasteiger partial charge on any atom is -0.374 e. The molecule has 2 aromatic heterocycles. The largest absolute Gasteiger partial charge is 0.374 e. The molecule has 3 N–H and O–H groups in total. The number of aromatic nitrogens is 1. The van der Waals surface area contributed by atoms with E-state index >= 15 is 0 Å². The van der Waals surface area contributed by atoms with Crippen LogP contribution in [0.2, 0.25) is 0 Å². The van der Waals surface area contributed by atoms with Crippen molar-refractivity contribution >= 4 is 34.7 Å². The van der Waals surface area contributed by atoms with Crippen molar-refractivity contribution < 1.29 is 14.4 Å². The second-order valence-corrected chi connectivity index (χ2v) is 9.42. The van der Waals surface area contributed by atoms with Crippen LogP contribution in [-0.2, 0) is 16.1 Å². The second-order valence-electron chi connectivity index (χ2n) is 8.39. The molecule has 1 saturated carbocycles. The van der Waals surface area contributed by atoms with Crippen LogP contribution in [0, 0.1) is 0 Å². The maximum Gasteiger partial charge on any atom is 0.279 e. The molecule has 3 heterocycles. The first-order chi connectivity index (χ1) is 15.9. The SMILES string of the molecule is CN(C)C(=O)c1c[nH]cc(NC2=C(NCc3cccs3)C(=O)N(C3CCCCC3)C2=O)c1=O. The van der Waals surface area contributed by atoms with E-state index in [1.807, 2.05) is 17.5 Å². The first-order valence-electron chi connectivity index (χ1n) is 11.0. The Morgan fingerprint density at radius 3 is 2.52 bits per heavy atom. The van der Waals surface area contributed by atoms with Crippen molar-refractivity contribution in [1.29, 1.82) is 0 Å². The summed E-state index contributed by atoms with van der Waals surface area (Å²) < 4.78 is 0. The van der Waals surface area contributed by atoms with E-state index in [9.17, 15) is 19.2 Å². The number of imide groups is 1. The van der Waals surface area contributed by atoms with Crippen LogP contribution in [0.15, 0.2) is 46.1 Å². The normalized spacial score (nSPS) is 17.0. The van der Waals surface area contributed by atoms with Gasteiger partial charge in [0, 0.05) is 44.0 Å². The van der Waals surface area contributed by atoms with Gasteiger partial charge in [-0.05, 0) is 24.3 Å². The molecule has 0 bridgehead atoms. The van der Waals surface area contributed by atoms with E-state index in [-0.39, 0.29) is 34.6 Å². The number of hydrogen-bond donors (Lipinski definition) is 3. The molecule has 0 saturated heterocycles. The third kappa shape index (κ3) is 4.56. The predicted molar refractivity (Wildman–Crippen MR) is 126 cm³/mol. The highest BCUT2D eigenvalue weighted by molar-refractivity contribution is 7.09. The fourth-order valence-electron chi connectivity index (χ4n) is 4.20. The highest BCUT2D eigenvalue weighted by Crippen LogP contribution is 2.30. The van der Waals surface area contributed by atoms with E-state index in [4.69, 9.17) is 0 Å². The standard InChI is InChI=1S/C23H27N5O4S/c1-27(2)21(30)16-12-24-13-17(20(16)29)26-19-18(25-11-15-9-6-10-33-15)22(31)28(23(19)32)14-7-4-3-5-8-14/h6,9-10,12-14,25-26H,3-5,7-8,11H2,1-2H3,(H,24,29). The van der Waals surface area contributed by atoms with Crippen LogP contribution in [-0.4, -0.2) is 52.6 Å². The number of thiophene rings is 1. The summed E-state index contributed by atoms with van der Waals surface area (Å²) in [4.78, 5) is 58.4. The molecule has 0 aromatic carbocycles. The lowest BCUT2D eigenvalue weighted by molar-refractivity contribution is -0.141. The summed E-state index contributed by atoms with van der Waals surface area (Å²) in [7, 11) is 3.11. The third-order valence-electron chi connectivity index (χ3n) is 5.92. The summed E-state index contributed by atoms with van der Waals surface area (Å²) in [5.74, 6) is -1.30. The smallest absolute Gasteiger partial charge is 0.279 e. The van der Waals surface area contributed by atoms with Gasteiger partial charge in [-0.15, -0.1) is 11.3 Å². The number of aromatic amines is 1. The van der Waals surface area contributed by atoms with Crippen molar-refractivity contribution in [2.24, 2.45) is 0 Å². The molecule has 4 rings (SSSR count). The Hall–Kier alpha value is -3.40. The number of hydrogen-bond acceptors (Lipinski definition) is 7. The number of carbonyl (C=O) groups is 3. The van der Waals surface area contributed by atoms with Crippen molar-refractivity contribution in [2.45, 2.75) is 44.7 Å². The van der Waals surface area contributed by atoms with Gasteiger partial charge in [-0.3, -0.25) is 24.1 Å². The van der Waals surface area contributed by atoms with E-state index in [0.29, 0.717) is 6.54 Å². The van der Waals surface area contributed by atoms with Crippen LogP contribution in [0.25, 0.3) is 0 Å². The molecule has 1 aliphatic heterocycles. The first-order valence-corrected chi connectivity index (χ1v) is 11.8. The fourth-order valence-corrected chi connectivity index (χ4v) is 4.84. The number of amides is 3. The lowest BCUT2D eigenvalue weighted by Crippen LogP contribution is -2.43. The minimum atomic E-state index is -0.547. The minimum absolute atomic E-state index is 0.0276. The van der Waals surface area contributed by atoms with Gasteiger partial charge >= 0.3 is 0 Å². The summed E-state index contributed by atoms with van der Waals surface area (Å²) in [6, 6.07) is 3.70. The Bertz CT molecular complexity index is 1150. The van der Waals surface area contributed by atoms with Crippen LogP contribution in [0.1, 0.15) is 47.3 Å². The zero-order valence-electron chi connectivity index (χ0n) is 18.6. The average molecular weight is 470 g/mol. The lowest BCUT2D eigenvalue weighted by Gasteiger charge is -2.29. The molecule has 33 heavy (non-hydrogen) atoms. The molecule has 0 atom stereocenters. The second kappa shape index (κ2) is 9.62. The Balaban J connectivity index is 1.67. The van der Waals surface area contributed by atoms with Crippen molar-refractivity contribution in [3.8, 4) is 0 Å². The Morgan fingerprint density at radius 1 is 1.12 bits per heavy atom. The number of nitrogens with one attached hydrogen (secondary N) is 3. The molecule has 2 aliphatic rings. The van der Waals surface area contributed by atoms with Gasteiger partial charge < -0.3 is 20.5 Å². The molecule has 9 nitrogen and oxygen atoms in total. The van der Waals surface area contributed by atoms with Gasteiger partial charge in [0.05, 0.1) is 0 Å².